The molecule has 0 fully saturated rings. The van der Waals surface area contributed by atoms with Crippen LogP contribution in [0.2, 0.25) is 0 Å². The Balaban J connectivity index is 3.35. The second-order valence-corrected chi connectivity index (χ2v) is 2.45. The number of halogens is 4. The van der Waals surface area contributed by atoms with Crippen molar-refractivity contribution in [2.45, 2.75) is 0 Å². The van der Waals surface area contributed by atoms with Crippen LogP contribution in [-0.4, -0.2) is 6.98 Å². The van der Waals surface area contributed by atoms with E-state index < -0.39 is 18.3 Å². The van der Waals surface area contributed by atoms with Crippen molar-refractivity contribution in [1.82, 2.24) is 0 Å². The highest BCUT2D eigenvalue weighted by molar-refractivity contribution is 6.74. The van der Waals surface area contributed by atoms with Gasteiger partial charge in [0.15, 0.2) is 0 Å². The van der Waals surface area contributed by atoms with Crippen molar-refractivity contribution in [2.24, 2.45) is 0 Å². The van der Waals surface area contributed by atoms with E-state index in [1.807, 2.05) is 5.92 Å². The molecule has 0 aliphatic carbocycles. The molecule has 5 heteroatoms. The van der Waals surface area contributed by atoms with Crippen LogP contribution in [0.3, 0.4) is 0 Å². The van der Waals surface area contributed by atoms with E-state index in [9.17, 15) is 17.3 Å². The molecule has 0 atom stereocenters. The van der Waals surface area contributed by atoms with Crippen molar-refractivity contribution in [1.29, 1.82) is 0 Å². The first-order valence-corrected chi connectivity index (χ1v) is 3.41. The summed E-state index contributed by atoms with van der Waals surface area (Å²) in [5, 5.41) is 0. The fourth-order valence-electron chi connectivity index (χ4n) is 0.936. The number of hydrogen-bond acceptors (Lipinski definition) is 0. The number of terminal acetylenes is 1. The van der Waals surface area contributed by atoms with E-state index >= 15 is 0 Å². The highest BCUT2D eigenvalue weighted by atomic mass is 19.4. The fraction of sp³-hybridized carbons (Fsp3) is 0. The molecule has 0 aliphatic heterocycles. The topological polar surface area (TPSA) is 0 Å². The van der Waals surface area contributed by atoms with E-state index in [1.54, 1.807) is 0 Å². The second kappa shape index (κ2) is 3.13. The van der Waals surface area contributed by atoms with Crippen LogP contribution in [0.1, 0.15) is 5.56 Å². The summed E-state index contributed by atoms with van der Waals surface area (Å²) in [5.74, 6) is 0.921. The van der Waals surface area contributed by atoms with Gasteiger partial charge in [-0.05, 0) is 17.7 Å². The molecule has 0 saturated heterocycles. The first-order chi connectivity index (χ1) is 5.95. The van der Waals surface area contributed by atoms with Gasteiger partial charge in [-0.15, -0.1) is 6.42 Å². The monoisotopic (exact) mass is 187 g/mol. The first-order valence-electron chi connectivity index (χ1n) is 3.41. The Hall–Kier alpha value is -1.44. The molecule has 0 amide bonds. The Kier molecular flexibility index (Phi) is 2.33. The summed E-state index contributed by atoms with van der Waals surface area (Å²) in [6, 6.07) is 2.26. The molecule has 0 unspecified atom stereocenters. The largest absolute Gasteiger partial charge is 0.510 e. The van der Waals surface area contributed by atoms with Gasteiger partial charge in [0.2, 0.25) is 0 Å². The minimum Gasteiger partial charge on any atom is -0.445 e. The van der Waals surface area contributed by atoms with E-state index in [2.05, 4.69) is 0 Å². The van der Waals surface area contributed by atoms with Gasteiger partial charge in [0, 0.05) is 0 Å². The van der Waals surface area contributed by atoms with E-state index in [-0.39, 0.29) is 5.56 Å². The normalized spacial score (nSPS) is 11.0. The third-order valence-corrected chi connectivity index (χ3v) is 1.52. The Morgan fingerprint density at radius 2 is 1.85 bits per heavy atom. The molecule has 0 aromatic heterocycles. The van der Waals surface area contributed by atoms with Gasteiger partial charge in [-0.25, -0.2) is 4.39 Å². The Bertz CT molecular complexity index is 361. The number of benzene rings is 1. The molecule has 0 radical (unpaired) electrons. The molecule has 0 nitrogen and oxygen atoms in total. The van der Waals surface area contributed by atoms with Crippen LogP contribution >= 0.6 is 0 Å². The lowest BCUT2D eigenvalue weighted by Gasteiger charge is -2.16. The average Bonchev–Trinajstić information content (AvgIpc) is 2.03. The third kappa shape index (κ3) is 2.02. The van der Waals surface area contributed by atoms with Crippen LogP contribution in [0.25, 0.3) is 0 Å². The quantitative estimate of drug-likeness (QED) is 0.357. The van der Waals surface area contributed by atoms with Crippen LogP contribution in [0, 0.1) is 18.2 Å². The standard InChI is InChI=1S/C8H4BF4/c1-2-6-3-4-7(10)5-8(6)9(11,12)13/h1,3-5H/q-1. The van der Waals surface area contributed by atoms with E-state index in [0.29, 0.717) is 6.07 Å². The molecule has 68 valence electrons. The minimum atomic E-state index is -5.24. The van der Waals surface area contributed by atoms with Crippen molar-refractivity contribution in [2.75, 3.05) is 0 Å². The van der Waals surface area contributed by atoms with Crippen LogP contribution in [0.5, 0.6) is 0 Å². The second-order valence-electron chi connectivity index (χ2n) is 2.45. The van der Waals surface area contributed by atoms with Gasteiger partial charge < -0.3 is 12.9 Å². The average molecular weight is 187 g/mol. The van der Waals surface area contributed by atoms with Gasteiger partial charge in [0.1, 0.15) is 5.82 Å². The highest BCUT2D eigenvalue weighted by Crippen LogP contribution is 2.12. The van der Waals surface area contributed by atoms with Crippen molar-refractivity contribution >= 4 is 12.4 Å². The summed E-state index contributed by atoms with van der Waals surface area (Å²) in [6.45, 7) is -5.24. The summed E-state index contributed by atoms with van der Waals surface area (Å²) in [6.07, 6.45) is 4.83. The van der Waals surface area contributed by atoms with Crippen molar-refractivity contribution in [3.05, 3.63) is 29.6 Å². The van der Waals surface area contributed by atoms with Gasteiger partial charge in [0.25, 0.3) is 0 Å². The lowest BCUT2D eigenvalue weighted by atomic mass is 9.77. The lowest BCUT2D eigenvalue weighted by molar-refractivity contribution is 0.499. The zero-order valence-electron chi connectivity index (χ0n) is 6.40. The zero-order chi connectivity index (χ0) is 10.1. The highest BCUT2D eigenvalue weighted by Gasteiger charge is 2.28. The Labute approximate surface area is 72.6 Å². The molecule has 0 heterocycles. The molecule has 1 aromatic rings. The van der Waals surface area contributed by atoms with Crippen molar-refractivity contribution in [3.8, 4) is 12.3 Å². The smallest absolute Gasteiger partial charge is 0.445 e. The minimum absolute atomic E-state index is 0.325. The molecule has 0 N–H and O–H groups in total. The predicted molar refractivity (Wildman–Crippen MR) is 43.0 cm³/mol. The molecular weight excluding hydrogens is 183 g/mol. The summed E-state index contributed by atoms with van der Waals surface area (Å²) in [4.78, 5) is 0. The molecule has 1 aromatic carbocycles. The molecule has 0 spiro atoms. The van der Waals surface area contributed by atoms with Gasteiger partial charge in [0.05, 0.1) is 0 Å². The molecular formula is C8H4BF4-. The van der Waals surface area contributed by atoms with Crippen molar-refractivity contribution in [3.63, 3.8) is 0 Å². The maximum Gasteiger partial charge on any atom is 0.510 e. The van der Waals surface area contributed by atoms with Crippen LogP contribution < -0.4 is 5.46 Å². The Morgan fingerprint density at radius 1 is 1.23 bits per heavy atom. The van der Waals surface area contributed by atoms with Crippen LogP contribution in [0.15, 0.2) is 18.2 Å². The lowest BCUT2D eigenvalue weighted by Crippen LogP contribution is -2.36. The summed E-state index contributed by atoms with van der Waals surface area (Å²) in [7, 11) is 0. The van der Waals surface area contributed by atoms with Gasteiger partial charge in [-0.1, -0.05) is 17.4 Å². The van der Waals surface area contributed by atoms with Crippen LogP contribution in [0.4, 0.5) is 17.3 Å². The molecule has 0 saturated carbocycles. The maximum absolute atomic E-state index is 12.5. The molecule has 1 rings (SSSR count). The summed E-state index contributed by atoms with van der Waals surface area (Å²) in [5.41, 5.74) is -1.38. The van der Waals surface area contributed by atoms with Crippen LogP contribution in [-0.2, 0) is 0 Å². The molecule has 0 bridgehead atoms. The first kappa shape index (κ1) is 9.65. The van der Waals surface area contributed by atoms with Crippen molar-refractivity contribution < 1.29 is 17.3 Å². The fourth-order valence-corrected chi connectivity index (χ4v) is 0.936. The van der Waals surface area contributed by atoms with Gasteiger partial charge in [-0.3, -0.25) is 0 Å². The number of hydrogen-bond donors (Lipinski definition) is 0. The van der Waals surface area contributed by atoms with Gasteiger partial charge in [-0.2, -0.15) is 0 Å². The third-order valence-electron chi connectivity index (χ3n) is 1.52. The maximum atomic E-state index is 12.5. The SMILES string of the molecule is C#Cc1ccc(F)cc1[B-](F)(F)F. The summed E-state index contributed by atoms with van der Waals surface area (Å²) < 4.78 is 49.1. The summed E-state index contributed by atoms with van der Waals surface area (Å²) >= 11 is 0. The van der Waals surface area contributed by atoms with Gasteiger partial charge >= 0.3 is 6.98 Å². The zero-order valence-corrected chi connectivity index (χ0v) is 6.40. The molecule has 0 aliphatic rings. The Morgan fingerprint density at radius 3 is 2.31 bits per heavy atom. The molecule has 13 heavy (non-hydrogen) atoms. The van der Waals surface area contributed by atoms with E-state index in [1.165, 1.54) is 0 Å². The number of rotatable bonds is 1. The van der Waals surface area contributed by atoms with E-state index in [4.69, 9.17) is 6.42 Å². The predicted octanol–water partition coefficient (Wildman–Crippen LogP) is 1.86. The van der Waals surface area contributed by atoms with E-state index in [0.717, 1.165) is 12.1 Å².